The molecule has 0 bridgehead atoms. The van der Waals surface area contributed by atoms with Crippen molar-refractivity contribution in [1.29, 1.82) is 0 Å². The monoisotopic (exact) mass is 503 g/mol. The number of benzene rings is 2. The maximum absolute atomic E-state index is 13.3. The second kappa shape index (κ2) is 9.31. The standard InChI is InChI=1S/C28H24F3N5O/c1-17(2)35-16-23(28(29,30)31)33-26(35)20-10-8-19(9-11-20)15-36-24(37)13-12-21-14-32-25(34-27(21)36)22-7-5-4-6-18(22)3/h4-14,16-17H,15H2,1-3H3. The minimum absolute atomic E-state index is 0.199. The molecule has 0 radical (unpaired) electrons. The summed E-state index contributed by atoms with van der Waals surface area (Å²) >= 11 is 0. The third-order valence-electron chi connectivity index (χ3n) is 6.24. The Kier molecular flexibility index (Phi) is 6.15. The van der Waals surface area contributed by atoms with Crippen LogP contribution in [0.1, 0.15) is 36.7 Å². The maximum Gasteiger partial charge on any atom is 0.434 e. The minimum Gasteiger partial charge on any atom is -0.328 e. The van der Waals surface area contributed by atoms with Crippen LogP contribution in [0.4, 0.5) is 13.2 Å². The van der Waals surface area contributed by atoms with Crippen LogP contribution in [0.25, 0.3) is 33.8 Å². The first-order valence-electron chi connectivity index (χ1n) is 11.8. The SMILES string of the molecule is Cc1ccccc1-c1ncc2ccc(=O)n(Cc3ccc(-c4nc(C(F)(F)F)cn4C(C)C)cc3)c2n1. The summed E-state index contributed by atoms with van der Waals surface area (Å²) in [6, 6.07) is 17.8. The summed E-state index contributed by atoms with van der Waals surface area (Å²) in [5.74, 6) is 0.771. The van der Waals surface area contributed by atoms with Gasteiger partial charge in [0.1, 0.15) is 11.5 Å². The number of nitrogens with zero attached hydrogens (tertiary/aromatic N) is 5. The summed E-state index contributed by atoms with van der Waals surface area (Å²) in [7, 11) is 0. The van der Waals surface area contributed by atoms with E-state index in [-0.39, 0.29) is 24.0 Å². The number of alkyl halides is 3. The van der Waals surface area contributed by atoms with E-state index < -0.39 is 11.9 Å². The van der Waals surface area contributed by atoms with Gasteiger partial charge < -0.3 is 4.57 Å². The molecule has 0 saturated carbocycles. The van der Waals surface area contributed by atoms with Gasteiger partial charge in [-0.15, -0.1) is 0 Å². The number of hydrogen-bond acceptors (Lipinski definition) is 4. The van der Waals surface area contributed by atoms with Crippen LogP contribution in [0, 0.1) is 6.92 Å². The van der Waals surface area contributed by atoms with Gasteiger partial charge >= 0.3 is 6.18 Å². The van der Waals surface area contributed by atoms with Crippen molar-refractivity contribution >= 4 is 11.0 Å². The smallest absolute Gasteiger partial charge is 0.328 e. The highest BCUT2D eigenvalue weighted by molar-refractivity contribution is 5.77. The van der Waals surface area contributed by atoms with Gasteiger partial charge in [-0.1, -0.05) is 48.5 Å². The number of fused-ring (bicyclic) bond motifs is 1. The quantitative estimate of drug-likeness (QED) is 0.283. The molecule has 3 aromatic heterocycles. The zero-order valence-electron chi connectivity index (χ0n) is 20.5. The lowest BCUT2D eigenvalue weighted by atomic mass is 10.1. The molecule has 3 heterocycles. The molecule has 9 heteroatoms. The van der Waals surface area contributed by atoms with E-state index in [0.717, 1.165) is 28.3 Å². The summed E-state index contributed by atoms with van der Waals surface area (Å²) in [6.07, 6.45) is -1.79. The molecule has 5 aromatic rings. The molecule has 0 spiro atoms. The molecule has 0 saturated heterocycles. The van der Waals surface area contributed by atoms with Crippen LogP contribution >= 0.6 is 0 Å². The third kappa shape index (κ3) is 4.76. The van der Waals surface area contributed by atoms with Crippen molar-refractivity contribution in [3.05, 3.63) is 100 Å². The van der Waals surface area contributed by atoms with Crippen LogP contribution in [-0.2, 0) is 12.7 Å². The molecule has 6 nitrogen and oxygen atoms in total. The van der Waals surface area contributed by atoms with Crippen LogP contribution in [0.2, 0.25) is 0 Å². The highest BCUT2D eigenvalue weighted by Gasteiger charge is 2.35. The third-order valence-corrected chi connectivity index (χ3v) is 6.24. The first-order chi connectivity index (χ1) is 17.6. The van der Waals surface area contributed by atoms with Crippen LogP contribution in [0.15, 0.2) is 77.9 Å². The molecule has 0 N–H and O–H groups in total. The van der Waals surface area contributed by atoms with Gasteiger partial charge in [0.2, 0.25) is 0 Å². The predicted octanol–water partition coefficient (Wildman–Crippen LogP) is 6.28. The van der Waals surface area contributed by atoms with Crippen LogP contribution in [-0.4, -0.2) is 24.1 Å². The lowest BCUT2D eigenvalue weighted by Gasteiger charge is -2.13. The molecule has 2 aromatic carbocycles. The van der Waals surface area contributed by atoms with Gasteiger partial charge in [0.25, 0.3) is 5.56 Å². The van der Waals surface area contributed by atoms with Crippen molar-refractivity contribution < 1.29 is 13.2 Å². The number of aromatic nitrogens is 5. The van der Waals surface area contributed by atoms with Crippen molar-refractivity contribution in [1.82, 2.24) is 24.1 Å². The van der Waals surface area contributed by atoms with Gasteiger partial charge in [-0.05, 0) is 38.0 Å². The number of pyridine rings is 1. The molecule has 5 rings (SSSR count). The van der Waals surface area contributed by atoms with Crippen molar-refractivity contribution in [2.45, 2.75) is 39.5 Å². The minimum atomic E-state index is -4.52. The lowest BCUT2D eigenvalue weighted by Crippen LogP contribution is -2.21. The van der Waals surface area contributed by atoms with E-state index in [1.165, 1.54) is 10.6 Å². The Morgan fingerprint density at radius 2 is 1.68 bits per heavy atom. The van der Waals surface area contributed by atoms with E-state index in [0.29, 0.717) is 17.0 Å². The van der Waals surface area contributed by atoms with Crippen LogP contribution in [0.5, 0.6) is 0 Å². The predicted molar refractivity (Wildman–Crippen MR) is 136 cm³/mol. The fourth-order valence-corrected chi connectivity index (χ4v) is 4.26. The largest absolute Gasteiger partial charge is 0.434 e. The van der Waals surface area contributed by atoms with Gasteiger partial charge in [-0.25, -0.2) is 15.0 Å². The molecule has 0 aliphatic rings. The van der Waals surface area contributed by atoms with E-state index in [1.54, 1.807) is 54.9 Å². The van der Waals surface area contributed by atoms with Crippen molar-refractivity contribution in [2.75, 3.05) is 0 Å². The topological polar surface area (TPSA) is 65.6 Å². The second-order valence-electron chi connectivity index (χ2n) is 9.19. The zero-order valence-corrected chi connectivity index (χ0v) is 20.5. The zero-order chi connectivity index (χ0) is 26.3. The first kappa shape index (κ1) is 24.4. The Hall–Kier alpha value is -4.27. The highest BCUT2D eigenvalue weighted by atomic mass is 19.4. The van der Waals surface area contributed by atoms with Gasteiger partial charge in [-0.2, -0.15) is 13.2 Å². The second-order valence-corrected chi connectivity index (χ2v) is 9.19. The average molecular weight is 504 g/mol. The number of rotatable bonds is 5. The molecular weight excluding hydrogens is 479 g/mol. The summed E-state index contributed by atoms with van der Waals surface area (Å²) in [4.78, 5) is 25.9. The Bertz CT molecular complexity index is 1650. The van der Waals surface area contributed by atoms with Crippen LogP contribution in [0.3, 0.4) is 0 Å². The molecule has 0 amide bonds. The molecule has 188 valence electrons. The van der Waals surface area contributed by atoms with Gasteiger partial charge in [0.15, 0.2) is 11.5 Å². The Balaban J connectivity index is 1.52. The summed E-state index contributed by atoms with van der Waals surface area (Å²) in [5, 5.41) is 0.729. The Morgan fingerprint density at radius 3 is 2.35 bits per heavy atom. The number of aryl methyl sites for hydroxylation is 1. The summed E-state index contributed by atoms with van der Waals surface area (Å²) < 4.78 is 42.9. The fraction of sp³-hybridized carbons (Fsp3) is 0.214. The van der Waals surface area contributed by atoms with E-state index in [1.807, 2.05) is 31.2 Å². The Morgan fingerprint density at radius 1 is 0.946 bits per heavy atom. The van der Waals surface area contributed by atoms with Gasteiger partial charge in [0, 0.05) is 41.0 Å². The lowest BCUT2D eigenvalue weighted by molar-refractivity contribution is -0.140. The highest BCUT2D eigenvalue weighted by Crippen LogP contribution is 2.32. The molecule has 0 aliphatic heterocycles. The molecule has 0 unspecified atom stereocenters. The van der Waals surface area contributed by atoms with E-state index in [9.17, 15) is 18.0 Å². The fourth-order valence-electron chi connectivity index (χ4n) is 4.26. The van der Waals surface area contributed by atoms with E-state index in [2.05, 4.69) is 9.97 Å². The molecule has 0 fully saturated rings. The van der Waals surface area contributed by atoms with Crippen molar-refractivity contribution in [2.24, 2.45) is 0 Å². The van der Waals surface area contributed by atoms with Gasteiger partial charge in [0.05, 0.1) is 6.54 Å². The normalized spacial score (nSPS) is 12.0. The van der Waals surface area contributed by atoms with E-state index >= 15 is 0 Å². The number of imidazole rings is 1. The number of halogens is 3. The van der Waals surface area contributed by atoms with Crippen molar-refractivity contribution in [3.8, 4) is 22.8 Å². The maximum atomic E-state index is 13.3. The van der Waals surface area contributed by atoms with Crippen LogP contribution < -0.4 is 5.56 Å². The summed E-state index contributed by atoms with van der Waals surface area (Å²) in [5.41, 5.74) is 2.64. The molecule has 0 aliphatic carbocycles. The van der Waals surface area contributed by atoms with Gasteiger partial charge in [-0.3, -0.25) is 9.36 Å². The van der Waals surface area contributed by atoms with E-state index in [4.69, 9.17) is 4.98 Å². The average Bonchev–Trinajstić information content (AvgIpc) is 3.33. The first-order valence-corrected chi connectivity index (χ1v) is 11.8. The summed E-state index contributed by atoms with van der Waals surface area (Å²) in [6.45, 7) is 5.83. The Labute approximate surface area is 211 Å². The molecule has 37 heavy (non-hydrogen) atoms. The molecule has 0 atom stereocenters. The van der Waals surface area contributed by atoms with Crippen molar-refractivity contribution in [3.63, 3.8) is 0 Å². The number of hydrogen-bond donors (Lipinski definition) is 0. The molecular formula is C28H24F3N5O.